The number of aromatic nitrogens is 2. The Hall–Kier alpha value is -1.42. The first kappa shape index (κ1) is 12.3. The van der Waals surface area contributed by atoms with Gasteiger partial charge in [-0.25, -0.2) is 4.98 Å². The fourth-order valence-electron chi connectivity index (χ4n) is 3.28. The second kappa shape index (κ2) is 4.04. The van der Waals surface area contributed by atoms with Crippen molar-refractivity contribution >= 4 is 16.7 Å². The van der Waals surface area contributed by atoms with Crippen LogP contribution in [0.1, 0.15) is 43.6 Å². The van der Waals surface area contributed by atoms with Crippen molar-refractivity contribution in [3.8, 4) is 0 Å². The Labute approximate surface area is 123 Å². The van der Waals surface area contributed by atoms with E-state index in [2.05, 4.69) is 59.7 Å². The minimum Gasteiger partial charge on any atom is -0.357 e. The molecule has 4 rings (SSSR count). The van der Waals surface area contributed by atoms with E-state index in [0.29, 0.717) is 12.0 Å². The maximum atomic E-state index is 4.64. The first-order valence-corrected chi connectivity index (χ1v) is 8.00. The predicted molar refractivity (Wildman–Crippen MR) is 82.4 cm³/mol. The van der Waals surface area contributed by atoms with Gasteiger partial charge >= 0.3 is 0 Å². The van der Waals surface area contributed by atoms with Gasteiger partial charge in [0, 0.05) is 28.9 Å². The van der Waals surface area contributed by atoms with Gasteiger partial charge in [0.25, 0.3) is 0 Å². The molecule has 0 aliphatic heterocycles. The monoisotopic (exact) mass is 285 g/mol. The second-order valence-corrected chi connectivity index (χ2v) is 7.69. The quantitative estimate of drug-likeness (QED) is 0.916. The van der Waals surface area contributed by atoms with Crippen molar-refractivity contribution in [3.05, 3.63) is 41.2 Å². The van der Waals surface area contributed by atoms with E-state index in [1.165, 1.54) is 29.1 Å². The Morgan fingerprint density at radius 2 is 2.05 bits per heavy atom. The van der Waals surface area contributed by atoms with Crippen LogP contribution in [0.2, 0.25) is 0 Å². The molecule has 2 aromatic rings. The van der Waals surface area contributed by atoms with E-state index in [1.54, 1.807) is 0 Å². The average molecular weight is 285 g/mol. The zero-order valence-corrected chi connectivity index (χ0v) is 12.9. The van der Waals surface area contributed by atoms with Gasteiger partial charge in [-0.1, -0.05) is 45.0 Å². The molecule has 20 heavy (non-hydrogen) atoms. The van der Waals surface area contributed by atoms with Gasteiger partial charge < -0.3 is 5.32 Å². The van der Waals surface area contributed by atoms with Crippen molar-refractivity contribution in [1.29, 1.82) is 0 Å². The fourth-order valence-corrected chi connectivity index (χ4v) is 4.08. The summed E-state index contributed by atoms with van der Waals surface area (Å²) >= 11 is 1.49. The van der Waals surface area contributed by atoms with Crippen molar-refractivity contribution in [2.24, 2.45) is 5.92 Å². The average Bonchev–Trinajstić information content (AvgIpc) is 2.80. The van der Waals surface area contributed by atoms with E-state index in [4.69, 9.17) is 0 Å². The number of fused-ring (bicyclic) bond motifs is 3. The van der Waals surface area contributed by atoms with E-state index in [9.17, 15) is 0 Å². The number of benzene rings is 1. The first-order chi connectivity index (χ1) is 9.54. The van der Waals surface area contributed by atoms with Gasteiger partial charge in [-0.15, -0.1) is 0 Å². The Kier molecular flexibility index (Phi) is 2.49. The van der Waals surface area contributed by atoms with Crippen molar-refractivity contribution < 1.29 is 0 Å². The van der Waals surface area contributed by atoms with Crippen LogP contribution in [0.25, 0.3) is 0 Å². The molecule has 0 radical (unpaired) electrons. The smallest absolute Gasteiger partial charge is 0.202 e. The fraction of sp³-hybridized carbons (Fsp3) is 0.500. The second-order valence-electron chi connectivity index (χ2n) is 6.94. The third kappa shape index (κ3) is 1.85. The van der Waals surface area contributed by atoms with Gasteiger partial charge in [-0.3, -0.25) is 0 Å². The maximum absolute atomic E-state index is 4.64. The number of anilines is 1. The Morgan fingerprint density at radius 1 is 1.25 bits per heavy atom. The molecule has 3 nitrogen and oxygen atoms in total. The molecule has 3 atom stereocenters. The molecule has 104 valence electrons. The molecule has 0 amide bonds. The molecule has 1 N–H and O–H groups in total. The molecule has 4 heteroatoms. The summed E-state index contributed by atoms with van der Waals surface area (Å²) in [6, 6.07) is 9.40. The minimum atomic E-state index is 0.0302. The van der Waals surface area contributed by atoms with Crippen molar-refractivity contribution in [1.82, 2.24) is 9.36 Å². The van der Waals surface area contributed by atoms with Crippen LogP contribution in [0.5, 0.6) is 0 Å². The van der Waals surface area contributed by atoms with Crippen LogP contribution in [0.15, 0.2) is 24.3 Å². The summed E-state index contributed by atoms with van der Waals surface area (Å²) in [5.74, 6) is 2.39. The maximum Gasteiger partial charge on any atom is 0.202 e. The number of hydrogen-bond acceptors (Lipinski definition) is 4. The van der Waals surface area contributed by atoms with Crippen LogP contribution in [-0.4, -0.2) is 15.4 Å². The Morgan fingerprint density at radius 3 is 2.80 bits per heavy atom. The van der Waals surface area contributed by atoms with Crippen molar-refractivity contribution in [2.75, 3.05) is 5.32 Å². The lowest BCUT2D eigenvalue weighted by Gasteiger charge is -2.12. The molecule has 0 spiro atoms. The van der Waals surface area contributed by atoms with Gasteiger partial charge in [0.05, 0.1) is 0 Å². The van der Waals surface area contributed by atoms with Crippen LogP contribution in [0.3, 0.4) is 0 Å². The summed E-state index contributed by atoms with van der Waals surface area (Å²) in [6.45, 7) is 6.46. The van der Waals surface area contributed by atoms with E-state index >= 15 is 0 Å². The number of nitrogens with one attached hydrogen (secondary N) is 1. The molecule has 1 heterocycles. The summed E-state index contributed by atoms with van der Waals surface area (Å²) in [7, 11) is 0. The molecule has 2 aliphatic rings. The first-order valence-electron chi connectivity index (χ1n) is 7.22. The molecule has 1 saturated carbocycles. The molecule has 1 aromatic carbocycles. The lowest BCUT2D eigenvalue weighted by molar-refractivity contribution is 0.555. The van der Waals surface area contributed by atoms with Gasteiger partial charge in [0.1, 0.15) is 5.82 Å². The Bertz CT molecular complexity index is 656. The van der Waals surface area contributed by atoms with E-state index in [-0.39, 0.29) is 5.41 Å². The van der Waals surface area contributed by atoms with Crippen LogP contribution >= 0.6 is 11.5 Å². The highest BCUT2D eigenvalue weighted by Gasteiger charge is 2.55. The molecule has 2 aliphatic carbocycles. The normalized spacial score (nSPS) is 27.1. The Balaban J connectivity index is 1.50. The summed E-state index contributed by atoms with van der Waals surface area (Å²) in [5.41, 5.74) is 3.10. The van der Waals surface area contributed by atoms with Gasteiger partial charge in [-0.2, -0.15) is 4.37 Å². The molecular weight excluding hydrogens is 266 g/mol. The largest absolute Gasteiger partial charge is 0.357 e. The van der Waals surface area contributed by atoms with Crippen molar-refractivity contribution in [2.45, 2.75) is 44.6 Å². The van der Waals surface area contributed by atoms with E-state index in [1.807, 2.05) is 0 Å². The number of rotatable bonds is 2. The lowest BCUT2D eigenvalue weighted by atomic mass is 9.96. The summed E-state index contributed by atoms with van der Waals surface area (Å²) in [5, 5.41) is 4.57. The predicted octanol–water partition coefficient (Wildman–Crippen LogP) is 3.59. The topological polar surface area (TPSA) is 37.8 Å². The lowest BCUT2D eigenvalue weighted by Crippen LogP contribution is -2.14. The molecule has 1 aromatic heterocycles. The highest BCUT2D eigenvalue weighted by atomic mass is 32.1. The molecule has 1 fully saturated rings. The number of hydrogen-bond donors (Lipinski definition) is 1. The SMILES string of the molecule is CC(C)(C)c1nsc(NC2C3Cc4ccccc4C32)n1. The molecular formula is C16H19N3S. The van der Waals surface area contributed by atoms with Crippen LogP contribution < -0.4 is 5.32 Å². The van der Waals surface area contributed by atoms with Crippen LogP contribution in [-0.2, 0) is 11.8 Å². The van der Waals surface area contributed by atoms with Crippen LogP contribution in [0.4, 0.5) is 5.13 Å². The summed E-state index contributed by atoms with van der Waals surface area (Å²) < 4.78 is 4.47. The highest BCUT2D eigenvalue weighted by molar-refractivity contribution is 7.09. The molecule has 3 unspecified atom stereocenters. The summed E-state index contributed by atoms with van der Waals surface area (Å²) in [6.07, 6.45) is 1.21. The zero-order chi connectivity index (χ0) is 13.9. The highest BCUT2D eigenvalue weighted by Crippen LogP contribution is 2.57. The zero-order valence-electron chi connectivity index (χ0n) is 12.1. The minimum absolute atomic E-state index is 0.0302. The van der Waals surface area contributed by atoms with Gasteiger partial charge in [0.2, 0.25) is 5.13 Å². The standard InChI is InChI=1S/C16H19N3S/c1-16(2,3)14-18-15(20-19-14)17-13-11-8-9-6-4-5-7-10(9)12(11)13/h4-7,11-13H,8H2,1-3H3,(H,17,18,19). The van der Waals surface area contributed by atoms with Crippen molar-refractivity contribution in [3.63, 3.8) is 0 Å². The number of nitrogens with zero attached hydrogens (tertiary/aromatic N) is 2. The van der Waals surface area contributed by atoms with Crippen LogP contribution in [0, 0.1) is 5.92 Å². The van der Waals surface area contributed by atoms with Gasteiger partial charge in [-0.05, 0) is 23.5 Å². The third-order valence-electron chi connectivity index (χ3n) is 4.43. The molecule has 0 bridgehead atoms. The van der Waals surface area contributed by atoms with Gasteiger partial charge in [0.15, 0.2) is 0 Å². The van der Waals surface area contributed by atoms with E-state index < -0.39 is 0 Å². The third-order valence-corrected chi connectivity index (χ3v) is 5.07. The molecule has 0 saturated heterocycles. The van der Waals surface area contributed by atoms with E-state index in [0.717, 1.165) is 16.9 Å². The summed E-state index contributed by atoms with van der Waals surface area (Å²) in [4.78, 5) is 4.64.